The van der Waals surface area contributed by atoms with Gasteiger partial charge in [0, 0.05) is 6.42 Å². The van der Waals surface area contributed by atoms with Gasteiger partial charge in [0.1, 0.15) is 17.7 Å². The fourth-order valence-electron chi connectivity index (χ4n) is 2.99. The quantitative estimate of drug-likeness (QED) is 0.908. The zero-order valence-corrected chi connectivity index (χ0v) is 12.6. The first-order valence-corrected chi connectivity index (χ1v) is 7.72. The molecule has 2 aromatic rings. The predicted molar refractivity (Wildman–Crippen MR) is 84.9 cm³/mol. The summed E-state index contributed by atoms with van der Waals surface area (Å²) >= 11 is 0. The van der Waals surface area contributed by atoms with Crippen LogP contribution in [0.25, 0.3) is 0 Å². The van der Waals surface area contributed by atoms with Crippen LogP contribution in [0.2, 0.25) is 0 Å². The molecule has 0 radical (unpaired) electrons. The normalized spacial score (nSPS) is 14.6. The minimum Gasteiger partial charge on any atom is -0.337 e. The van der Waals surface area contributed by atoms with E-state index in [1.807, 2.05) is 6.07 Å². The van der Waals surface area contributed by atoms with E-state index in [1.54, 1.807) is 12.1 Å². The van der Waals surface area contributed by atoms with Crippen LogP contribution < -0.4 is 10.9 Å². The molecule has 1 aliphatic carbocycles. The minimum atomic E-state index is -0.491. The van der Waals surface area contributed by atoms with Gasteiger partial charge in [0.2, 0.25) is 0 Å². The number of nitrogens with zero attached hydrogens (tertiary/aromatic N) is 2. The highest BCUT2D eigenvalue weighted by molar-refractivity contribution is 5.62. The van der Waals surface area contributed by atoms with Crippen molar-refractivity contribution in [2.75, 3.05) is 5.32 Å². The van der Waals surface area contributed by atoms with Crippen molar-refractivity contribution in [1.82, 2.24) is 9.97 Å². The van der Waals surface area contributed by atoms with Crippen LogP contribution in [0.4, 0.5) is 15.9 Å². The first-order chi connectivity index (χ1) is 11.2. The minimum absolute atomic E-state index is 0.106. The summed E-state index contributed by atoms with van der Waals surface area (Å²) in [6.45, 7) is 0. The number of rotatable bonds is 4. The third kappa shape index (κ3) is 3.39. The van der Waals surface area contributed by atoms with Crippen molar-refractivity contribution in [1.29, 1.82) is 5.26 Å². The van der Waals surface area contributed by atoms with E-state index < -0.39 is 11.4 Å². The molecule has 1 heterocycles. The Morgan fingerprint density at radius 1 is 1.35 bits per heavy atom. The number of aromatic nitrogens is 2. The van der Waals surface area contributed by atoms with Gasteiger partial charge in [-0.1, -0.05) is 37.8 Å². The Hall–Kier alpha value is -2.68. The van der Waals surface area contributed by atoms with Gasteiger partial charge >= 0.3 is 0 Å². The summed E-state index contributed by atoms with van der Waals surface area (Å²) in [5.41, 5.74) is -0.438. The van der Waals surface area contributed by atoms with Crippen LogP contribution in [0.15, 0.2) is 29.1 Å². The van der Waals surface area contributed by atoms with Gasteiger partial charge in [0.05, 0.1) is 5.69 Å². The number of benzene rings is 1. The van der Waals surface area contributed by atoms with Crippen LogP contribution in [0.3, 0.4) is 0 Å². The lowest BCUT2D eigenvalue weighted by molar-refractivity contribution is 0.529. The summed E-state index contributed by atoms with van der Waals surface area (Å²) < 4.78 is 13.8. The average molecular weight is 312 g/mol. The molecule has 0 bridgehead atoms. The molecule has 1 aliphatic rings. The Balaban J connectivity index is 1.93. The van der Waals surface area contributed by atoms with E-state index in [0.717, 1.165) is 12.8 Å². The summed E-state index contributed by atoms with van der Waals surface area (Å²) in [5, 5.41) is 11.9. The maximum atomic E-state index is 13.8. The van der Waals surface area contributed by atoms with Crippen LogP contribution in [0.5, 0.6) is 0 Å². The van der Waals surface area contributed by atoms with E-state index in [4.69, 9.17) is 0 Å². The molecule has 0 saturated heterocycles. The maximum absolute atomic E-state index is 13.8. The monoisotopic (exact) mass is 312 g/mol. The lowest BCUT2D eigenvalue weighted by Gasteiger charge is -2.12. The summed E-state index contributed by atoms with van der Waals surface area (Å²) in [5.74, 6) is 0.692. The third-order valence-corrected chi connectivity index (χ3v) is 4.16. The van der Waals surface area contributed by atoms with Gasteiger partial charge in [-0.3, -0.25) is 4.79 Å². The van der Waals surface area contributed by atoms with Crippen molar-refractivity contribution in [2.45, 2.75) is 32.1 Å². The number of nitriles is 1. The predicted octanol–water partition coefficient (Wildman–Crippen LogP) is 3.26. The second-order valence-electron chi connectivity index (χ2n) is 5.81. The third-order valence-electron chi connectivity index (χ3n) is 4.16. The van der Waals surface area contributed by atoms with Gasteiger partial charge in [-0.05, 0) is 18.1 Å². The van der Waals surface area contributed by atoms with E-state index in [9.17, 15) is 14.4 Å². The molecule has 1 aromatic heterocycles. The number of hydrogen-bond donors (Lipinski definition) is 2. The van der Waals surface area contributed by atoms with Crippen molar-refractivity contribution < 1.29 is 4.39 Å². The number of H-pyrrole nitrogens is 1. The molecule has 23 heavy (non-hydrogen) atoms. The maximum Gasteiger partial charge on any atom is 0.271 e. The molecule has 3 rings (SSSR count). The standard InChI is InChI=1S/C17H17FN4O/c18-13-7-3-4-8-14(13)20-16-12(10-19)17(23)22-15(21-16)9-11-5-1-2-6-11/h3-4,7-8,11H,1-2,5-6,9H2,(H2,20,21,22,23). The number of para-hydroxylation sites is 1. The summed E-state index contributed by atoms with van der Waals surface area (Å²) in [4.78, 5) is 19.1. The summed E-state index contributed by atoms with van der Waals surface area (Å²) in [6.07, 6.45) is 5.32. The lowest BCUT2D eigenvalue weighted by atomic mass is 10.0. The van der Waals surface area contributed by atoms with Gasteiger partial charge in [-0.15, -0.1) is 0 Å². The van der Waals surface area contributed by atoms with Crippen LogP contribution in [0, 0.1) is 23.1 Å². The molecule has 0 unspecified atom stereocenters. The molecule has 118 valence electrons. The first kappa shape index (κ1) is 15.2. The second kappa shape index (κ2) is 6.61. The van der Waals surface area contributed by atoms with E-state index in [2.05, 4.69) is 15.3 Å². The Morgan fingerprint density at radius 3 is 2.78 bits per heavy atom. The van der Waals surface area contributed by atoms with Crippen LogP contribution in [0.1, 0.15) is 37.1 Å². The molecule has 0 spiro atoms. The van der Waals surface area contributed by atoms with Gasteiger partial charge in [0.15, 0.2) is 11.4 Å². The average Bonchev–Trinajstić information content (AvgIpc) is 3.02. The number of nitrogens with one attached hydrogen (secondary N) is 2. The highest BCUT2D eigenvalue weighted by Gasteiger charge is 2.19. The van der Waals surface area contributed by atoms with Crippen molar-refractivity contribution in [2.24, 2.45) is 5.92 Å². The van der Waals surface area contributed by atoms with E-state index >= 15 is 0 Å². The first-order valence-electron chi connectivity index (χ1n) is 7.72. The smallest absolute Gasteiger partial charge is 0.271 e. The summed E-state index contributed by atoms with van der Waals surface area (Å²) in [6, 6.07) is 7.92. The van der Waals surface area contributed by atoms with Crippen LogP contribution >= 0.6 is 0 Å². The molecule has 0 atom stereocenters. The molecule has 1 aromatic carbocycles. The summed E-state index contributed by atoms with van der Waals surface area (Å²) in [7, 11) is 0. The van der Waals surface area contributed by atoms with E-state index in [1.165, 1.54) is 25.0 Å². The van der Waals surface area contributed by atoms with E-state index in [0.29, 0.717) is 18.2 Å². The molecule has 1 saturated carbocycles. The lowest BCUT2D eigenvalue weighted by Crippen LogP contribution is -2.19. The van der Waals surface area contributed by atoms with Crippen molar-refractivity contribution in [3.8, 4) is 6.07 Å². The van der Waals surface area contributed by atoms with Crippen LogP contribution in [-0.4, -0.2) is 9.97 Å². The number of halogens is 1. The Kier molecular flexibility index (Phi) is 4.38. The molecular weight excluding hydrogens is 295 g/mol. The fourth-order valence-corrected chi connectivity index (χ4v) is 2.99. The van der Waals surface area contributed by atoms with Gasteiger partial charge in [-0.25, -0.2) is 9.37 Å². The zero-order valence-electron chi connectivity index (χ0n) is 12.6. The molecule has 0 amide bonds. The van der Waals surface area contributed by atoms with Crippen LogP contribution in [-0.2, 0) is 6.42 Å². The van der Waals surface area contributed by atoms with Gasteiger partial charge in [0.25, 0.3) is 5.56 Å². The number of aromatic amines is 1. The van der Waals surface area contributed by atoms with E-state index in [-0.39, 0.29) is 17.1 Å². The molecule has 2 N–H and O–H groups in total. The molecule has 0 aliphatic heterocycles. The largest absolute Gasteiger partial charge is 0.337 e. The Bertz CT molecular complexity index is 803. The van der Waals surface area contributed by atoms with Crippen molar-refractivity contribution in [3.63, 3.8) is 0 Å². The number of hydrogen-bond acceptors (Lipinski definition) is 4. The number of anilines is 2. The topological polar surface area (TPSA) is 81.6 Å². The van der Waals surface area contributed by atoms with Crippen molar-refractivity contribution >= 4 is 11.5 Å². The molecule has 6 heteroatoms. The molecule has 1 fully saturated rings. The fraction of sp³-hybridized carbons (Fsp3) is 0.353. The Labute approximate surface area is 133 Å². The molecule has 5 nitrogen and oxygen atoms in total. The van der Waals surface area contributed by atoms with Gasteiger partial charge < -0.3 is 10.3 Å². The highest BCUT2D eigenvalue weighted by Crippen LogP contribution is 2.27. The SMILES string of the molecule is N#Cc1c(Nc2ccccc2F)nc(CC2CCCC2)[nH]c1=O. The highest BCUT2D eigenvalue weighted by atomic mass is 19.1. The Morgan fingerprint density at radius 2 is 2.09 bits per heavy atom. The van der Waals surface area contributed by atoms with Crippen molar-refractivity contribution in [3.05, 3.63) is 51.8 Å². The zero-order chi connectivity index (χ0) is 16.2. The second-order valence-corrected chi connectivity index (χ2v) is 5.81. The van der Waals surface area contributed by atoms with Gasteiger partial charge in [-0.2, -0.15) is 5.26 Å². The molecular formula is C17H17FN4O.